The van der Waals surface area contributed by atoms with Crippen molar-refractivity contribution in [3.8, 4) is 0 Å². The number of hydrogen-bond acceptors (Lipinski definition) is 3. The predicted octanol–water partition coefficient (Wildman–Crippen LogP) is 0.417. The second-order valence-corrected chi connectivity index (χ2v) is 4.50. The largest absolute Gasteiger partial charge is 0.481 e. The van der Waals surface area contributed by atoms with Gasteiger partial charge in [0.15, 0.2) is 0 Å². The van der Waals surface area contributed by atoms with Gasteiger partial charge in [-0.1, -0.05) is 0 Å². The summed E-state index contributed by atoms with van der Waals surface area (Å²) in [7, 11) is 0. The third-order valence-corrected chi connectivity index (χ3v) is 2.91. The maximum absolute atomic E-state index is 12.2. The molecule has 0 aromatic rings. The number of hydrogen-bond donors (Lipinski definition) is 3. The Morgan fingerprint density at radius 1 is 1.32 bits per heavy atom. The molecule has 1 saturated carbocycles. The molecule has 0 bridgehead atoms. The minimum Gasteiger partial charge on any atom is -0.481 e. The summed E-state index contributed by atoms with van der Waals surface area (Å²) in [6.45, 7) is -2.76. The number of rotatable bonds is 6. The third kappa shape index (κ3) is 4.58. The van der Waals surface area contributed by atoms with Crippen LogP contribution in [0, 0.1) is 5.41 Å². The van der Waals surface area contributed by atoms with Crippen molar-refractivity contribution in [2.75, 3.05) is 26.2 Å². The van der Waals surface area contributed by atoms with E-state index < -0.39 is 43.3 Å². The van der Waals surface area contributed by atoms with Crippen LogP contribution in [0.5, 0.6) is 0 Å². The molecule has 0 saturated heterocycles. The first-order valence-electron chi connectivity index (χ1n) is 5.64. The van der Waals surface area contributed by atoms with Gasteiger partial charge in [-0.3, -0.25) is 4.79 Å². The molecular weight excluding hydrogens is 269 g/mol. The van der Waals surface area contributed by atoms with Gasteiger partial charge in [0, 0.05) is 13.1 Å². The summed E-state index contributed by atoms with van der Waals surface area (Å²) in [5.41, 5.74) is -1.04. The molecule has 1 aliphatic rings. The van der Waals surface area contributed by atoms with Crippen molar-refractivity contribution >= 4 is 12.0 Å². The fourth-order valence-electron chi connectivity index (χ4n) is 1.56. The highest BCUT2D eigenvalue weighted by atomic mass is 19.4. The summed E-state index contributed by atoms with van der Waals surface area (Å²) in [5, 5.41) is 19.7. The van der Waals surface area contributed by atoms with Gasteiger partial charge in [-0.2, -0.15) is 13.2 Å². The van der Waals surface area contributed by atoms with Gasteiger partial charge in [-0.05, 0) is 12.8 Å². The summed E-state index contributed by atoms with van der Waals surface area (Å²) in [6, 6.07) is -1.03. The molecular formula is C10H15F3N2O4. The molecule has 19 heavy (non-hydrogen) atoms. The van der Waals surface area contributed by atoms with E-state index >= 15 is 0 Å². The third-order valence-electron chi connectivity index (χ3n) is 2.91. The van der Waals surface area contributed by atoms with Gasteiger partial charge in [0.25, 0.3) is 0 Å². The van der Waals surface area contributed by atoms with E-state index in [1.165, 1.54) is 0 Å². The lowest BCUT2D eigenvalue weighted by Crippen LogP contribution is -2.48. The molecule has 1 fully saturated rings. The number of carbonyl (C=O) groups excluding carboxylic acids is 1. The van der Waals surface area contributed by atoms with Gasteiger partial charge < -0.3 is 20.4 Å². The summed E-state index contributed by atoms with van der Waals surface area (Å²) in [6.07, 6.45) is -3.79. The Bertz CT molecular complexity index is 355. The Hall–Kier alpha value is -1.51. The van der Waals surface area contributed by atoms with Gasteiger partial charge in [0.2, 0.25) is 0 Å². The van der Waals surface area contributed by atoms with Gasteiger partial charge >= 0.3 is 18.2 Å². The number of halogens is 3. The molecule has 0 atom stereocenters. The van der Waals surface area contributed by atoms with Crippen molar-refractivity contribution < 1.29 is 33.0 Å². The Kier molecular flexibility index (Phi) is 4.61. The summed E-state index contributed by atoms with van der Waals surface area (Å²) in [5.74, 6) is -1.07. The van der Waals surface area contributed by atoms with Crippen LogP contribution in [-0.4, -0.2) is 59.5 Å². The standard InChI is InChI=1S/C10H15F3N2O4/c11-10(12,13)6-15(3-4-16)8(19)14-5-9(1-2-9)7(17)18/h16H,1-6H2,(H,14,19)(H,17,18). The number of carboxylic acid groups (broad SMARTS) is 1. The van der Waals surface area contributed by atoms with E-state index in [2.05, 4.69) is 5.32 Å². The highest BCUT2D eigenvalue weighted by Crippen LogP contribution is 2.45. The van der Waals surface area contributed by atoms with Crippen LogP contribution in [0.15, 0.2) is 0 Å². The van der Waals surface area contributed by atoms with Crippen molar-refractivity contribution in [2.24, 2.45) is 5.41 Å². The molecule has 0 aromatic carbocycles. The molecule has 1 aliphatic carbocycles. The number of nitrogens with zero attached hydrogens (tertiary/aromatic N) is 1. The Balaban J connectivity index is 2.51. The smallest absolute Gasteiger partial charge is 0.406 e. The average Bonchev–Trinajstić information content (AvgIpc) is 3.04. The van der Waals surface area contributed by atoms with E-state index in [0.29, 0.717) is 17.7 Å². The molecule has 0 aliphatic heterocycles. The van der Waals surface area contributed by atoms with E-state index in [1.54, 1.807) is 0 Å². The van der Waals surface area contributed by atoms with Crippen molar-refractivity contribution in [3.05, 3.63) is 0 Å². The molecule has 0 heterocycles. The number of amides is 2. The monoisotopic (exact) mass is 284 g/mol. The van der Waals surface area contributed by atoms with Crippen LogP contribution in [0.4, 0.5) is 18.0 Å². The highest BCUT2D eigenvalue weighted by molar-refractivity contribution is 5.80. The maximum Gasteiger partial charge on any atom is 0.406 e. The summed E-state index contributed by atoms with van der Waals surface area (Å²) >= 11 is 0. The number of carboxylic acids is 1. The molecule has 0 unspecified atom stereocenters. The van der Waals surface area contributed by atoms with Crippen LogP contribution < -0.4 is 5.32 Å². The molecule has 1 rings (SSSR count). The van der Waals surface area contributed by atoms with Gasteiger partial charge in [0.05, 0.1) is 12.0 Å². The molecule has 3 N–H and O–H groups in total. The van der Waals surface area contributed by atoms with E-state index in [-0.39, 0.29) is 6.54 Å². The van der Waals surface area contributed by atoms with Gasteiger partial charge in [-0.15, -0.1) is 0 Å². The summed E-state index contributed by atoms with van der Waals surface area (Å²) < 4.78 is 36.6. The molecule has 9 heteroatoms. The van der Waals surface area contributed by atoms with Crippen LogP contribution in [0.3, 0.4) is 0 Å². The van der Waals surface area contributed by atoms with E-state index in [4.69, 9.17) is 10.2 Å². The van der Waals surface area contributed by atoms with E-state index in [1.807, 2.05) is 0 Å². The van der Waals surface area contributed by atoms with Crippen LogP contribution in [0.2, 0.25) is 0 Å². The first-order valence-corrected chi connectivity index (χ1v) is 5.64. The summed E-state index contributed by atoms with van der Waals surface area (Å²) in [4.78, 5) is 22.8. The minimum atomic E-state index is -4.57. The van der Waals surface area contributed by atoms with Gasteiger partial charge in [0.1, 0.15) is 6.54 Å². The second kappa shape index (κ2) is 5.64. The minimum absolute atomic E-state index is 0.207. The number of aliphatic hydroxyl groups excluding tert-OH is 1. The normalized spacial score (nSPS) is 16.8. The van der Waals surface area contributed by atoms with E-state index in [9.17, 15) is 22.8 Å². The van der Waals surface area contributed by atoms with Crippen LogP contribution in [0.1, 0.15) is 12.8 Å². The van der Waals surface area contributed by atoms with Crippen LogP contribution >= 0.6 is 0 Å². The Morgan fingerprint density at radius 3 is 2.26 bits per heavy atom. The lowest BCUT2D eigenvalue weighted by molar-refractivity contribution is -0.144. The fourth-order valence-corrected chi connectivity index (χ4v) is 1.56. The average molecular weight is 284 g/mol. The highest BCUT2D eigenvalue weighted by Gasteiger charge is 2.50. The first kappa shape index (κ1) is 15.5. The maximum atomic E-state index is 12.2. The van der Waals surface area contributed by atoms with Crippen molar-refractivity contribution in [3.63, 3.8) is 0 Å². The lowest BCUT2D eigenvalue weighted by atomic mass is 10.1. The molecule has 110 valence electrons. The molecule has 0 spiro atoms. The Labute approximate surface area is 107 Å². The zero-order valence-electron chi connectivity index (χ0n) is 10.0. The number of carbonyl (C=O) groups is 2. The SMILES string of the molecule is O=C(NCC1(C(=O)O)CC1)N(CCO)CC(F)(F)F. The lowest BCUT2D eigenvalue weighted by Gasteiger charge is -2.24. The predicted molar refractivity (Wildman–Crippen MR) is 57.4 cm³/mol. The quantitative estimate of drug-likeness (QED) is 0.659. The second-order valence-electron chi connectivity index (χ2n) is 4.50. The van der Waals surface area contributed by atoms with Crippen LogP contribution in [0.25, 0.3) is 0 Å². The topological polar surface area (TPSA) is 89.9 Å². The number of urea groups is 1. The van der Waals surface area contributed by atoms with Crippen LogP contribution in [-0.2, 0) is 4.79 Å². The zero-order valence-corrected chi connectivity index (χ0v) is 10.0. The van der Waals surface area contributed by atoms with Crippen molar-refractivity contribution in [1.82, 2.24) is 10.2 Å². The number of aliphatic hydroxyl groups is 1. The molecule has 0 radical (unpaired) electrons. The molecule has 0 aromatic heterocycles. The fraction of sp³-hybridized carbons (Fsp3) is 0.800. The number of nitrogens with one attached hydrogen (secondary N) is 1. The molecule has 6 nitrogen and oxygen atoms in total. The van der Waals surface area contributed by atoms with Crippen molar-refractivity contribution in [1.29, 1.82) is 0 Å². The zero-order chi connectivity index (χ0) is 14.7. The Morgan fingerprint density at radius 2 is 1.89 bits per heavy atom. The van der Waals surface area contributed by atoms with Crippen molar-refractivity contribution in [2.45, 2.75) is 19.0 Å². The van der Waals surface area contributed by atoms with E-state index in [0.717, 1.165) is 0 Å². The molecule has 2 amide bonds. The van der Waals surface area contributed by atoms with Gasteiger partial charge in [-0.25, -0.2) is 4.79 Å². The number of aliphatic carboxylic acids is 1. The first-order chi connectivity index (χ1) is 8.70. The number of alkyl halides is 3.